The summed E-state index contributed by atoms with van der Waals surface area (Å²) in [5.41, 5.74) is 6.28. The van der Waals surface area contributed by atoms with Gasteiger partial charge in [0.1, 0.15) is 5.75 Å². The summed E-state index contributed by atoms with van der Waals surface area (Å²) >= 11 is 0. The summed E-state index contributed by atoms with van der Waals surface area (Å²) in [7, 11) is 2.65. The molecule has 0 radical (unpaired) electrons. The number of hydrogen-bond acceptors (Lipinski definition) is 11. The molecule has 0 fully saturated rings. The maximum absolute atomic E-state index is 10.4. The molecule has 1 amide bonds. The third-order valence-electron chi connectivity index (χ3n) is 3.75. The second-order valence-electron chi connectivity index (χ2n) is 6.84. The molecule has 212 valence electrons. The largest absolute Gasteiger partial charge is 0.508 e. The maximum atomic E-state index is 10.4. The van der Waals surface area contributed by atoms with Crippen LogP contribution in [0.25, 0.3) is 0 Å². The van der Waals surface area contributed by atoms with Gasteiger partial charge in [-0.2, -0.15) is 0 Å². The van der Waals surface area contributed by atoms with E-state index in [4.69, 9.17) is 50.6 Å². The summed E-state index contributed by atoms with van der Waals surface area (Å²) in [6.07, 6.45) is -2.95. The van der Waals surface area contributed by atoms with Crippen LogP contribution in [0.15, 0.2) is 24.3 Å². The van der Waals surface area contributed by atoms with E-state index in [0.717, 1.165) is 12.7 Å². The van der Waals surface area contributed by atoms with Crippen molar-refractivity contribution in [2.75, 3.05) is 60.3 Å². The first-order chi connectivity index (χ1) is 17.2. The first-order valence-corrected chi connectivity index (χ1v) is 11.2. The smallest absolute Gasteiger partial charge is 0.306 e. The Morgan fingerprint density at radius 2 is 1.56 bits per heavy atom. The van der Waals surface area contributed by atoms with Gasteiger partial charge in [0.05, 0.1) is 51.7 Å². The molecule has 13 heteroatoms. The standard InChI is InChI=1S/C8H18N2O3.C8H10O2.C6H12O5.CH4O/c1-8(11)10-3-5-13-7-6-12-4-2-9;1-10-6-7-2-4-8(9)5-3-7;7-2-1-4(8)5(9)3-6(10)11;1-2/h2-7,9H2,1H3,(H,10,11);2-5,9H,6H2,1H3;4-5,7-9H,1-3H2,(H,10,11);2H,1H3/t;;4?,5-;/m..0./s1. The van der Waals surface area contributed by atoms with Crippen LogP contribution in [0.5, 0.6) is 5.75 Å². The predicted octanol–water partition coefficient (Wildman–Crippen LogP) is -1.17. The van der Waals surface area contributed by atoms with Gasteiger partial charge in [0, 0.05) is 40.8 Å². The minimum atomic E-state index is -1.29. The number of hydrogen-bond donors (Lipinski definition) is 8. The van der Waals surface area contributed by atoms with Crippen molar-refractivity contribution >= 4 is 11.9 Å². The number of rotatable bonds is 15. The van der Waals surface area contributed by atoms with Crippen LogP contribution in [0.3, 0.4) is 0 Å². The number of ether oxygens (including phenoxy) is 3. The lowest BCUT2D eigenvalue weighted by molar-refractivity contribution is -0.141. The van der Waals surface area contributed by atoms with Crippen LogP contribution in [0.1, 0.15) is 25.3 Å². The molecule has 9 N–H and O–H groups in total. The number of carboxylic acid groups (broad SMARTS) is 1. The summed E-state index contributed by atoms with van der Waals surface area (Å²) in [4.78, 5) is 20.4. The van der Waals surface area contributed by atoms with Gasteiger partial charge < -0.3 is 55.9 Å². The maximum Gasteiger partial charge on any atom is 0.306 e. The Morgan fingerprint density at radius 1 is 1.00 bits per heavy atom. The fourth-order valence-electron chi connectivity index (χ4n) is 2.10. The third kappa shape index (κ3) is 29.7. The zero-order valence-corrected chi connectivity index (χ0v) is 21.3. The highest BCUT2D eigenvalue weighted by atomic mass is 16.5. The van der Waals surface area contributed by atoms with E-state index >= 15 is 0 Å². The summed E-state index contributed by atoms with van der Waals surface area (Å²) in [5.74, 6) is -0.919. The second kappa shape index (κ2) is 28.9. The lowest BCUT2D eigenvalue weighted by atomic mass is 10.1. The highest BCUT2D eigenvalue weighted by Gasteiger charge is 2.18. The summed E-state index contributed by atoms with van der Waals surface area (Å²) in [6.45, 7) is 5.07. The van der Waals surface area contributed by atoms with Gasteiger partial charge in [-0.3, -0.25) is 9.59 Å². The molecule has 0 heterocycles. The van der Waals surface area contributed by atoms with Gasteiger partial charge in [-0.05, 0) is 24.1 Å². The number of carbonyl (C=O) groups excluding carboxylic acids is 1. The van der Waals surface area contributed by atoms with Crippen LogP contribution in [0, 0.1) is 0 Å². The lowest BCUT2D eigenvalue weighted by Crippen LogP contribution is -2.29. The van der Waals surface area contributed by atoms with E-state index in [9.17, 15) is 9.59 Å². The molecule has 0 saturated carbocycles. The van der Waals surface area contributed by atoms with E-state index in [1.54, 1.807) is 19.2 Å². The summed E-state index contributed by atoms with van der Waals surface area (Å²) < 4.78 is 15.1. The van der Waals surface area contributed by atoms with Crippen molar-refractivity contribution in [3.05, 3.63) is 29.8 Å². The number of carboxylic acids is 1. The number of aromatic hydroxyl groups is 1. The molecule has 0 aliphatic heterocycles. The quantitative estimate of drug-likeness (QED) is 0.127. The molecule has 0 spiro atoms. The number of nitrogens with one attached hydrogen (secondary N) is 1. The van der Waals surface area contributed by atoms with Crippen LogP contribution in [0.4, 0.5) is 0 Å². The summed E-state index contributed by atoms with van der Waals surface area (Å²) in [5, 5.41) is 52.7. The van der Waals surface area contributed by atoms with E-state index in [1.165, 1.54) is 6.92 Å². The second-order valence-corrected chi connectivity index (χ2v) is 6.84. The average molecular weight is 525 g/mol. The molecule has 0 saturated heterocycles. The number of carbonyl (C=O) groups is 2. The Balaban J connectivity index is -0.000000441. The van der Waals surface area contributed by atoms with Crippen LogP contribution in [0.2, 0.25) is 0 Å². The average Bonchev–Trinajstić information content (AvgIpc) is 2.84. The molecule has 1 aromatic carbocycles. The molecule has 1 rings (SSSR count). The number of aliphatic hydroxyl groups excluding tert-OH is 4. The van der Waals surface area contributed by atoms with Crippen LogP contribution in [-0.4, -0.2) is 115 Å². The van der Waals surface area contributed by atoms with E-state index in [2.05, 4.69) is 5.32 Å². The number of nitrogens with two attached hydrogens (primary N) is 1. The van der Waals surface area contributed by atoms with Crippen molar-refractivity contribution in [1.82, 2.24) is 5.32 Å². The van der Waals surface area contributed by atoms with Crippen molar-refractivity contribution in [3.63, 3.8) is 0 Å². The lowest BCUT2D eigenvalue weighted by Gasteiger charge is -2.13. The Morgan fingerprint density at radius 3 is 2.00 bits per heavy atom. The number of aliphatic hydroxyl groups is 4. The van der Waals surface area contributed by atoms with Gasteiger partial charge in [0.15, 0.2) is 0 Å². The molecule has 0 aliphatic rings. The van der Waals surface area contributed by atoms with Crippen LogP contribution < -0.4 is 11.1 Å². The zero-order valence-electron chi connectivity index (χ0n) is 21.3. The monoisotopic (exact) mass is 524 g/mol. The van der Waals surface area contributed by atoms with Crippen LogP contribution in [-0.2, 0) is 30.4 Å². The Kier molecular flexibility index (Phi) is 30.6. The van der Waals surface area contributed by atoms with E-state index in [1.807, 2.05) is 12.1 Å². The zero-order chi connectivity index (χ0) is 28.2. The molecule has 2 atom stereocenters. The van der Waals surface area contributed by atoms with Crippen LogP contribution >= 0.6 is 0 Å². The molecular formula is C23H44N2O11. The van der Waals surface area contributed by atoms with E-state index < -0.39 is 24.6 Å². The normalized spacial score (nSPS) is 11.3. The number of methoxy groups -OCH3 is 1. The number of benzene rings is 1. The SMILES string of the molecule is CC(=O)NCCOCCOCCN.CO.COCc1ccc(O)cc1.O=C(O)C[C@H](O)C(O)CCO. The molecule has 1 aromatic rings. The van der Waals surface area contributed by atoms with Crippen molar-refractivity contribution in [1.29, 1.82) is 0 Å². The van der Waals surface area contributed by atoms with Crippen molar-refractivity contribution in [2.45, 2.75) is 38.6 Å². The highest BCUT2D eigenvalue weighted by molar-refractivity contribution is 5.72. The number of amides is 1. The number of phenolic OH excluding ortho intramolecular Hbond substituents is 1. The minimum Gasteiger partial charge on any atom is -0.508 e. The van der Waals surface area contributed by atoms with Crippen molar-refractivity contribution in [2.24, 2.45) is 5.73 Å². The van der Waals surface area contributed by atoms with Gasteiger partial charge in [-0.1, -0.05) is 12.1 Å². The number of aliphatic carboxylic acids is 1. The number of phenols is 1. The van der Waals surface area contributed by atoms with Crippen molar-refractivity contribution < 1.29 is 54.4 Å². The van der Waals surface area contributed by atoms with E-state index in [0.29, 0.717) is 51.9 Å². The van der Waals surface area contributed by atoms with E-state index in [-0.39, 0.29) is 18.9 Å². The topological polar surface area (TPSA) is 221 Å². The Bertz CT molecular complexity index is 619. The predicted molar refractivity (Wildman–Crippen MR) is 132 cm³/mol. The first-order valence-electron chi connectivity index (χ1n) is 11.2. The first kappa shape index (κ1) is 38.2. The fraction of sp³-hybridized carbons (Fsp3) is 0.652. The Hall–Kier alpha value is -2.36. The van der Waals surface area contributed by atoms with Gasteiger partial charge in [0.2, 0.25) is 5.91 Å². The fourth-order valence-corrected chi connectivity index (χ4v) is 2.10. The molecule has 0 aromatic heterocycles. The van der Waals surface area contributed by atoms with Gasteiger partial charge in [-0.25, -0.2) is 0 Å². The highest BCUT2D eigenvalue weighted by Crippen LogP contribution is 2.09. The molecule has 0 bridgehead atoms. The minimum absolute atomic E-state index is 0.00551. The Labute approximate surface area is 212 Å². The molecule has 36 heavy (non-hydrogen) atoms. The summed E-state index contributed by atoms with van der Waals surface area (Å²) in [6, 6.07) is 6.96. The third-order valence-corrected chi connectivity index (χ3v) is 3.75. The molecule has 1 unspecified atom stereocenters. The van der Waals surface area contributed by atoms with Gasteiger partial charge >= 0.3 is 5.97 Å². The van der Waals surface area contributed by atoms with Gasteiger partial charge in [0.25, 0.3) is 0 Å². The van der Waals surface area contributed by atoms with Gasteiger partial charge in [-0.15, -0.1) is 0 Å². The molecule has 0 aliphatic carbocycles. The molecule has 13 nitrogen and oxygen atoms in total. The van der Waals surface area contributed by atoms with Crippen molar-refractivity contribution in [3.8, 4) is 5.75 Å². The molecular weight excluding hydrogens is 480 g/mol.